The number of amides is 2. The molecule has 0 spiro atoms. The van der Waals surface area contributed by atoms with Crippen molar-refractivity contribution in [1.29, 1.82) is 0 Å². The van der Waals surface area contributed by atoms with Crippen LogP contribution in [0.4, 0.5) is 5.69 Å². The van der Waals surface area contributed by atoms with Gasteiger partial charge in [-0.3, -0.25) is 9.59 Å². The zero-order chi connectivity index (χ0) is 22.5. The van der Waals surface area contributed by atoms with Crippen molar-refractivity contribution in [2.75, 3.05) is 18.9 Å². The van der Waals surface area contributed by atoms with E-state index in [1.807, 2.05) is 67.7 Å². The normalized spacial score (nSPS) is 10.7. The van der Waals surface area contributed by atoms with E-state index in [0.29, 0.717) is 10.7 Å². The van der Waals surface area contributed by atoms with Crippen LogP contribution < -0.4 is 5.32 Å². The number of carbonyl (C=O) groups is 2. The Morgan fingerprint density at radius 2 is 1.84 bits per heavy atom. The highest BCUT2D eigenvalue weighted by Crippen LogP contribution is 2.25. The monoisotopic (exact) mass is 445 g/mol. The molecule has 0 aliphatic heterocycles. The molecule has 0 atom stereocenters. The van der Waals surface area contributed by atoms with Crippen LogP contribution in [0.5, 0.6) is 0 Å². The first-order valence-corrected chi connectivity index (χ1v) is 11.1. The van der Waals surface area contributed by atoms with Gasteiger partial charge in [0.15, 0.2) is 0 Å². The smallest absolute Gasteiger partial charge is 0.273 e. The summed E-state index contributed by atoms with van der Waals surface area (Å²) in [7, 11) is 1.60. The predicted octanol–water partition coefficient (Wildman–Crippen LogP) is 4.27. The summed E-state index contributed by atoms with van der Waals surface area (Å²) in [5, 5.41) is 9.67. The Kier molecular flexibility index (Phi) is 6.42. The average molecular weight is 446 g/mol. The molecular formula is C24H23N5O2S. The Morgan fingerprint density at radius 1 is 1.09 bits per heavy atom. The largest absolute Gasteiger partial charge is 0.331 e. The third-order valence-electron chi connectivity index (χ3n) is 4.97. The molecule has 2 amide bonds. The van der Waals surface area contributed by atoms with Gasteiger partial charge in [0, 0.05) is 29.9 Å². The first-order chi connectivity index (χ1) is 15.5. The summed E-state index contributed by atoms with van der Waals surface area (Å²) in [5.74, 6) is -0.553. The van der Waals surface area contributed by atoms with E-state index in [0.717, 1.165) is 28.9 Å². The van der Waals surface area contributed by atoms with Crippen LogP contribution in [0.3, 0.4) is 0 Å². The lowest BCUT2D eigenvalue weighted by molar-refractivity contribution is -0.116. The number of aromatic nitrogens is 3. The van der Waals surface area contributed by atoms with Gasteiger partial charge in [0.05, 0.1) is 18.4 Å². The summed E-state index contributed by atoms with van der Waals surface area (Å²) in [5.41, 5.74) is 3.90. The molecule has 4 aromatic rings. The molecule has 1 N–H and O–H groups in total. The van der Waals surface area contributed by atoms with E-state index < -0.39 is 0 Å². The molecule has 8 heteroatoms. The van der Waals surface area contributed by atoms with E-state index in [-0.39, 0.29) is 18.4 Å². The summed E-state index contributed by atoms with van der Waals surface area (Å²) < 4.78 is 1.77. The zero-order valence-corrected chi connectivity index (χ0v) is 18.7. The number of carbonyl (C=O) groups excluding carboxylic acids is 2. The van der Waals surface area contributed by atoms with Crippen molar-refractivity contribution in [1.82, 2.24) is 19.7 Å². The number of rotatable bonds is 7. The third kappa shape index (κ3) is 4.76. The average Bonchev–Trinajstić information content (AvgIpc) is 3.49. The topological polar surface area (TPSA) is 80.1 Å². The lowest BCUT2D eigenvalue weighted by atomic mass is 10.1. The Labute approximate surface area is 190 Å². The maximum Gasteiger partial charge on any atom is 0.273 e. The number of aryl methyl sites for hydroxylation is 1. The molecule has 0 bridgehead atoms. The molecule has 2 aromatic heterocycles. The lowest BCUT2D eigenvalue weighted by Gasteiger charge is -2.16. The molecule has 0 saturated heterocycles. The maximum absolute atomic E-state index is 12.8. The van der Waals surface area contributed by atoms with Crippen LogP contribution in [0.15, 0.2) is 72.4 Å². The van der Waals surface area contributed by atoms with E-state index in [1.54, 1.807) is 23.3 Å². The van der Waals surface area contributed by atoms with E-state index in [4.69, 9.17) is 0 Å². The summed E-state index contributed by atoms with van der Waals surface area (Å²) in [4.78, 5) is 31.1. The van der Waals surface area contributed by atoms with Crippen LogP contribution in [0.1, 0.15) is 23.0 Å². The van der Waals surface area contributed by atoms with Gasteiger partial charge in [-0.15, -0.1) is 11.3 Å². The second kappa shape index (κ2) is 9.57. The fraction of sp³-hybridized carbons (Fsp3) is 0.167. The van der Waals surface area contributed by atoms with Gasteiger partial charge in [-0.05, 0) is 30.2 Å². The van der Waals surface area contributed by atoms with Gasteiger partial charge in [-0.2, -0.15) is 5.10 Å². The van der Waals surface area contributed by atoms with Crippen LogP contribution in [-0.4, -0.2) is 45.1 Å². The Hall–Kier alpha value is -3.78. The van der Waals surface area contributed by atoms with Gasteiger partial charge in [-0.1, -0.05) is 43.3 Å². The van der Waals surface area contributed by atoms with Crippen molar-refractivity contribution < 1.29 is 9.59 Å². The Balaban J connectivity index is 1.41. The first kappa shape index (κ1) is 21.5. The number of nitrogens with zero attached hydrogens (tertiary/aromatic N) is 4. The first-order valence-electron chi connectivity index (χ1n) is 10.2. The maximum atomic E-state index is 12.8. The quantitative estimate of drug-likeness (QED) is 0.461. The minimum Gasteiger partial charge on any atom is -0.331 e. The molecule has 7 nitrogen and oxygen atoms in total. The molecule has 162 valence electrons. The molecule has 0 unspecified atom stereocenters. The highest BCUT2D eigenvalue weighted by atomic mass is 32.1. The number of hydrogen-bond acceptors (Lipinski definition) is 5. The second-order valence-corrected chi connectivity index (χ2v) is 8.13. The van der Waals surface area contributed by atoms with E-state index in [2.05, 4.69) is 15.4 Å². The molecule has 0 aliphatic carbocycles. The molecule has 0 radical (unpaired) electrons. The minimum absolute atomic E-state index is 0.0598. The van der Waals surface area contributed by atoms with E-state index in [9.17, 15) is 9.59 Å². The lowest BCUT2D eigenvalue weighted by Crippen LogP contribution is -2.35. The molecule has 4 rings (SSSR count). The fourth-order valence-corrected chi connectivity index (χ4v) is 4.05. The van der Waals surface area contributed by atoms with Gasteiger partial charge in [0.2, 0.25) is 5.91 Å². The minimum atomic E-state index is -0.304. The summed E-state index contributed by atoms with van der Waals surface area (Å²) >= 11 is 1.37. The van der Waals surface area contributed by atoms with Gasteiger partial charge in [0.25, 0.3) is 5.91 Å². The Morgan fingerprint density at radius 3 is 2.62 bits per heavy atom. The zero-order valence-electron chi connectivity index (χ0n) is 17.9. The number of para-hydroxylation sites is 2. The second-order valence-electron chi connectivity index (χ2n) is 7.27. The van der Waals surface area contributed by atoms with Crippen molar-refractivity contribution in [2.45, 2.75) is 13.3 Å². The number of likely N-dealkylation sites (N-methyl/N-ethyl adjacent to an activating group) is 1. The molecular weight excluding hydrogens is 422 g/mol. The van der Waals surface area contributed by atoms with Gasteiger partial charge in [0.1, 0.15) is 10.7 Å². The van der Waals surface area contributed by atoms with Crippen molar-refractivity contribution in [2.24, 2.45) is 0 Å². The third-order valence-corrected chi connectivity index (χ3v) is 5.86. The van der Waals surface area contributed by atoms with Crippen molar-refractivity contribution >= 4 is 28.8 Å². The van der Waals surface area contributed by atoms with Gasteiger partial charge < -0.3 is 10.2 Å². The Bertz CT molecular complexity index is 1230. The molecule has 32 heavy (non-hydrogen) atoms. The molecule has 0 fully saturated rings. The molecule has 0 saturated carbocycles. The summed E-state index contributed by atoms with van der Waals surface area (Å²) in [6.07, 6.45) is 4.42. The summed E-state index contributed by atoms with van der Waals surface area (Å²) in [6.45, 7) is 1.97. The number of benzene rings is 2. The van der Waals surface area contributed by atoms with Crippen LogP contribution in [0, 0.1) is 0 Å². The number of hydrogen-bond donors (Lipinski definition) is 1. The highest BCUT2D eigenvalue weighted by molar-refractivity contribution is 7.13. The number of anilines is 1. The predicted molar refractivity (Wildman–Crippen MR) is 126 cm³/mol. The van der Waals surface area contributed by atoms with Crippen LogP contribution in [0.2, 0.25) is 0 Å². The van der Waals surface area contributed by atoms with Crippen LogP contribution in [-0.2, 0) is 11.2 Å². The van der Waals surface area contributed by atoms with E-state index >= 15 is 0 Å². The van der Waals surface area contributed by atoms with Crippen LogP contribution >= 0.6 is 11.3 Å². The van der Waals surface area contributed by atoms with Gasteiger partial charge >= 0.3 is 0 Å². The summed E-state index contributed by atoms with van der Waals surface area (Å²) in [6, 6.07) is 17.4. The van der Waals surface area contributed by atoms with Crippen LogP contribution in [0.25, 0.3) is 16.3 Å². The SMILES string of the molecule is CCc1ccccc1NC(=O)CN(C)C(=O)c1csc(-c2cnn(-c3ccccc3)c2)n1. The molecule has 2 aromatic carbocycles. The number of thiazole rings is 1. The highest BCUT2D eigenvalue weighted by Gasteiger charge is 2.19. The number of nitrogens with one attached hydrogen (secondary N) is 1. The van der Waals surface area contributed by atoms with Crippen molar-refractivity contribution in [3.8, 4) is 16.3 Å². The molecule has 0 aliphatic rings. The fourth-order valence-electron chi connectivity index (χ4n) is 3.28. The van der Waals surface area contributed by atoms with Crippen molar-refractivity contribution in [3.63, 3.8) is 0 Å². The molecule has 2 heterocycles. The van der Waals surface area contributed by atoms with Gasteiger partial charge in [-0.25, -0.2) is 9.67 Å². The van der Waals surface area contributed by atoms with Crippen molar-refractivity contribution in [3.05, 3.63) is 83.6 Å². The standard InChI is InChI=1S/C24H23N5O2S/c1-3-17-9-7-8-12-20(17)26-22(30)15-28(2)24(31)21-16-32-23(27-21)18-13-25-29(14-18)19-10-5-4-6-11-19/h4-14,16H,3,15H2,1-2H3,(H,26,30). The van der Waals surface area contributed by atoms with E-state index in [1.165, 1.54) is 16.2 Å².